The fourth-order valence-electron chi connectivity index (χ4n) is 3.15. The quantitative estimate of drug-likeness (QED) is 0.658. The van der Waals surface area contributed by atoms with Crippen molar-refractivity contribution in [2.24, 2.45) is 11.8 Å². The minimum Gasteiger partial charge on any atom is -0.316 e. The third-order valence-electron chi connectivity index (χ3n) is 4.29. The Bertz CT molecular complexity index is 690. The van der Waals surface area contributed by atoms with E-state index < -0.39 is 14.9 Å². The van der Waals surface area contributed by atoms with Gasteiger partial charge in [-0.3, -0.25) is 10.1 Å². The Labute approximate surface area is 131 Å². The molecule has 0 radical (unpaired) electrons. The first-order valence-electron chi connectivity index (χ1n) is 6.48. The molecule has 0 amide bonds. The summed E-state index contributed by atoms with van der Waals surface area (Å²) in [5, 5.41) is 14.1. The second-order valence-corrected chi connectivity index (χ2v) is 9.15. The number of nitrogens with zero attached hydrogens (tertiary/aromatic N) is 2. The van der Waals surface area contributed by atoms with Crippen molar-refractivity contribution in [3.63, 3.8) is 0 Å². The van der Waals surface area contributed by atoms with Gasteiger partial charge in [0, 0.05) is 18.7 Å². The lowest BCUT2D eigenvalue weighted by Gasteiger charge is -2.22. The summed E-state index contributed by atoms with van der Waals surface area (Å²) in [5.74, 6) is 0.602. The number of hydrogen-bond donors (Lipinski definition) is 1. The van der Waals surface area contributed by atoms with Crippen LogP contribution >= 0.6 is 22.9 Å². The highest BCUT2D eigenvalue weighted by atomic mass is 35.5. The molecule has 21 heavy (non-hydrogen) atoms. The average Bonchev–Trinajstić information content (AvgIpc) is 3.06. The van der Waals surface area contributed by atoms with Gasteiger partial charge in [-0.1, -0.05) is 11.6 Å². The molecule has 0 aliphatic carbocycles. The molecule has 0 spiro atoms. The number of fused-ring (bicyclic) bond motifs is 1. The molecule has 0 saturated carbocycles. The van der Waals surface area contributed by atoms with Gasteiger partial charge in [0.2, 0.25) is 0 Å². The predicted octanol–water partition coefficient (Wildman–Crippen LogP) is 1.54. The van der Waals surface area contributed by atoms with Gasteiger partial charge in [-0.2, -0.15) is 4.31 Å². The third kappa shape index (κ3) is 2.36. The summed E-state index contributed by atoms with van der Waals surface area (Å²) in [6.07, 6.45) is 0. The predicted molar refractivity (Wildman–Crippen MR) is 79.2 cm³/mol. The van der Waals surface area contributed by atoms with Crippen LogP contribution in [-0.4, -0.2) is 43.3 Å². The van der Waals surface area contributed by atoms with E-state index in [9.17, 15) is 18.5 Å². The van der Waals surface area contributed by atoms with Crippen molar-refractivity contribution < 1.29 is 13.3 Å². The Hall–Kier alpha value is -0.740. The van der Waals surface area contributed by atoms with Gasteiger partial charge in [-0.05, 0) is 31.8 Å². The van der Waals surface area contributed by atoms with Crippen molar-refractivity contribution in [3.8, 4) is 0 Å². The van der Waals surface area contributed by atoms with E-state index in [1.807, 2.05) is 6.92 Å². The van der Waals surface area contributed by atoms with E-state index in [-0.39, 0.29) is 20.3 Å². The van der Waals surface area contributed by atoms with E-state index in [0.29, 0.717) is 18.4 Å². The normalized spacial score (nSPS) is 29.7. The van der Waals surface area contributed by atoms with Crippen molar-refractivity contribution in [1.29, 1.82) is 0 Å². The van der Waals surface area contributed by atoms with Gasteiger partial charge in [-0.25, -0.2) is 8.42 Å². The molecular weight excluding hydrogens is 338 g/mol. The lowest BCUT2D eigenvalue weighted by Crippen LogP contribution is -2.37. The maximum Gasteiger partial charge on any atom is 0.300 e. The van der Waals surface area contributed by atoms with Gasteiger partial charge in [0.1, 0.15) is 4.21 Å². The van der Waals surface area contributed by atoms with Gasteiger partial charge in [0.05, 0.1) is 4.92 Å². The summed E-state index contributed by atoms with van der Waals surface area (Å²) in [6.45, 7) is 3.96. The maximum absolute atomic E-state index is 12.7. The van der Waals surface area contributed by atoms with E-state index in [1.54, 1.807) is 0 Å². The number of sulfonamides is 1. The summed E-state index contributed by atoms with van der Waals surface area (Å²) in [6, 6.07) is 0.941. The number of nitrogens with one attached hydrogen (secondary N) is 1. The van der Waals surface area contributed by atoms with Crippen LogP contribution in [0.4, 0.5) is 5.69 Å². The van der Waals surface area contributed by atoms with Crippen LogP contribution in [-0.2, 0) is 10.0 Å². The highest BCUT2D eigenvalue weighted by Gasteiger charge is 2.47. The molecule has 7 nitrogen and oxygen atoms in total. The zero-order valence-corrected chi connectivity index (χ0v) is 13.5. The van der Waals surface area contributed by atoms with Gasteiger partial charge < -0.3 is 5.32 Å². The van der Waals surface area contributed by atoms with Crippen molar-refractivity contribution in [2.45, 2.75) is 17.2 Å². The average molecular weight is 352 g/mol. The number of thiophene rings is 1. The minimum atomic E-state index is -3.73. The number of hydrogen-bond acceptors (Lipinski definition) is 6. The van der Waals surface area contributed by atoms with Crippen molar-refractivity contribution in [3.05, 3.63) is 20.5 Å². The minimum absolute atomic E-state index is 0.0565. The monoisotopic (exact) mass is 351 g/mol. The molecule has 2 aliphatic heterocycles. The van der Waals surface area contributed by atoms with Crippen molar-refractivity contribution >= 4 is 38.6 Å². The fraction of sp³-hybridized carbons (Fsp3) is 0.636. The van der Waals surface area contributed by atoms with Crippen molar-refractivity contribution in [1.82, 2.24) is 9.62 Å². The molecule has 116 valence electrons. The SMILES string of the molecule is CC1C2CNCC2CN1S(=O)(=O)c1cc([N+](=O)[O-])c(Cl)s1. The van der Waals surface area contributed by atoms with E-state index >= 15 is 0 Å². The molecule has 1 aromatic heterocycles. The van der Waals surface area contributed by atoms with E-state index in [2.05, 4.69) is 5.32 Å². The molecule has 1 N–H and O–H groups in total. The zero-order valence-electron chi connectivity index (χ0n) is 11.2. The van der Waals surface area contributed by atoms with Crippen LogP contribution in [0.15, 0.2) is 10.3 Å². The lowest BCUT2D eigenvalue weighted by molar-refractivity contribution is -0.384. The van der Waals surface area contributed by atoms with E-state index in [1.165, 1.54) is 4.31 Å². The topological polar surface area (TPSA) is 92.6 Å². The summed E-state index contributed by atoms with van der Waals surface area (Å²) in [7, 11) is -3.73. The van der Waals surface area contributed by atoms with Gasteiger partial charge in [0.15, 0.2) is 4.34 Å². The van der Waals surface area contributed by atoms with E-state index in [4.69, 9.17) is 11.6 Å². The summed E-state index contributed by atoms with van der Waals surface area (Å²) < 4.78 is 26.7. The highest BCUT2D eigenvalue weighted by Crippen LogP contribution is 2.41. The van der Waals surface area contributed by atoms with Crippen LogP contribution in [0.2, 0.25) is 4.34 Å². The molecule has 3 heterocycles. The number of rotatable bonds is 3. The second-order valence-electron chi connectivity index (χ2n) is 5.38. The number of nitro groups is 1. The maximum atomic E-state index is 12.7. The smallest absolute Gasteiger partial charge is 0.300 e. The highest BCUT2D eigenvalue weighted by molar-refractivity contribution is 7.91. The Kier molecular flexibility index (Phi) is 3.73. The Morgan fingerprint density at radius 2 is 2.24 bits per heavy atom. The van der Waals surface area contributed by atoms with Crippen LogP contribution < -0.4 is 5.32 Å². The lowest BCUT2D eigenvalue weighted by atomic mass is 9.95. The van der Waals surface area contributed by atoms with Crippen molar-refractivity contribution in [2.75, 3.05) is 19.6 Å². The molecule has 3 rings (SSSR count). The van der Waals surface area contributed by atoms with Crippen LogP contribution in [0.1, 0.15) is 6.92 Å². The Morgan fingerprint density at radius 1 is 1.52 bits per heavy atom. The largest absolute Gasteiger partial charge is 0.316 e. The molecule has 2 fully saturated rings. The Morgan fingerprint density at radius 3 is 2.81 bits per heavy atom. The Balaban J connectivity index is 1.94. The van der Waals surface area contributed by atoms with Gasteiger partial charge >= 0.3 is 0 Å². The summed E-state index contributed by atoms with van der Waals surface area (Å²) in [4.78, 5) is 10.2. The number of halogens is 1. The fourth-order valence-corrected chi connectivity index (χ4v) is 6.68. The second kappa shape index (κ2) is 5.17. The van der Waals surface area contributed by atoms with Crippen LogP contribution in [0.25, 0.3) is 0 Å². The molecule has 10 heteroatoms. The molecule has 2 saturated heterocycles. The molecule has 0 bridgehead atoms. The third-order valence-corrected chi connectivity index (χ3v) is 8.03. The molecule has 3 unspecified atom stereocenters. The van der Waals surface area contributed by atoms with Gasteiger partial charge in [0.25, 0.3) is 15.7 Å². The molecule has 1 aromatic rings. The first-order valence-corrected chi connectivity index (χ1v) is 9.12. The first kappa shape index (κ1) is 15.2. The van der Waals surface area contributed by atoms with Crippen LogP contribution in [0.3, 0.4) is 0 Å². The summed E-state index contributed by atoms with van der Waals surface area (Å²) >= 11 is 6.51. The van der Waals surface area contributed by atoms with Gasteiger partial charge in [-0.15, -0.1) is 11.3 Å². The molecule has 0 aromatic carbocycles. The molecular formula is C11H14ClN3O4S2. The standard InChI is InChI=1S/C11H14ClN3O4S2/c1-6-8-4-13-3-7(8)5-14(6)21(18,19)10-2-9(15(16)17)11(12)20-10/h2,6-8,13H,3-5H2,1H3. The van der Waals surface area contributed by atoms with E-state index in [0.717, 1.165) is 30.5 Å². The molecule has 3 atom stereocenters. The zero-order chi connectivity index (χ0) is 15.4. The first-order chi connectivity index (χ1) is 9.82. The summed E-state index contributed by atoms with van der Waals surface area (Å²) in [5.41, 5.74) is -0.353. The molecule has 2 aliphatic rings. The van der Waals surface area contributed by atoms with Crippen LogP contribution in [0.5, 0.6) is 0 Å². The van der Waals surface area contributed by atoms with Crippen LogP contribution in [0, 0.1) is 22.0 Å².